The van der Waals surface area contributed by atoms with Crippen molar-refractivity contribution >= 4 is 11.4 Å². The number of hydrogen-bond donors (Lipinski definition) is 2. The molecule has 0 atom stereocenters. The van der Waals surface area contributed by atoms with E-state index in [4.69, 9.17) is 9.84 Å². The van der Waals surface area contributed by atoms with E-state index in [2.05, 4.69) is 22.2 Å². The molecule has 0 saturated carbocycles. The van der Waals surface area contributed by atoms with Crippen molar-refractivity contribution in [3.05, 3.63) is 45.6 Å². The molecule has 1 aromatic carbocycles. The molecule has 0 aliphatic rings. The summed E-state index contributed by atoms with van der Waals surface area (Å²) in [5, 5.41) is 7.34. The van der Waals surface area contributed by atoms with Crippen LogP contribution in [0.2, 0.25) is 0 Å². The SMILES string of the molecule is CCCc1nc(C)c2c(=O)[nH]c(-c3cc(CN(C)CC(=O)NC)ccc3OCC)nn12. The van der Waals surface area contributed by atoms with Crippen LogP contribution in [0.3, 0.4) is 0 Å². The van der Waals surface area contributed by atoms with Gasteiger partial charge in [0.05, 0.1) is 24.4 Å². The van der Waals surface area contributed by atoms with E-state index in [1.54, 1.807) is 11.6 Å². The molecule has 31 heavy (non-hydrogen) atoms. The van der Waals surface area contributed by atoms with E-state index in [0.29, 0.717) is 41.5 Å². The molecular formula is C22H30N6O3. The number of carbonyl (C=O) groups excluding carboxylic acids is 1. The topological polar surface area (TPSA) is 105 Å². The highest BCUT2D eigenvalue weighted by Crippen LogP contribution is 2.29. The maximum absolute atomic E-state index is 12.8. The van der Waals surface area contributed by atoms with Crippen LogP contribution < -0.4 is 15.6 Å². The van der Waals surface area contributed by atoms with Crippen LogP contribution in [0.4, 0.5) is 0 Å². The normalized spacial score (nSPS) is 11.3. The van der Waals surface area contributed by atoms with Gasteiger partial charge < -0.3 is 15.0 Å². The van der Waals surface area contributed by atoms with Gasteiger partial charge in [0.15, 0.2) is 11.3 Å². The third kappa shape index (κ3) is 4.93. The molecule has 2 N–H and O–H groups in total. The number of aromatic nitrogens is 4. The van der Waals surface area contributed by atoms with E-state index < -0.39 is 0 Å². The van der Waals surface area contributed by atoms with Crippen LogP contribution in [0.1, 0.15) is 37.4 Å². The Hall–Kier alpha value is -3.20. The number of benzene rings is 1. The number of nitrogens with zero attached hydrogens (tertiary/aromatic N) is 4. The Labute approximate surface area is 181 Å². The smallest absolute Gasteiger partial charge is 0.277 e. The summed E-state index contributed by atoms with van der Waals surface area (Å²) < 4.78 is 7.45. The predicted molar refractivity (Wildman–Crippen MR) is 119 cm³/mol. The first kappa shape index (κ1) is 22.5. The second-order valence-electron chi connectivity index (χ2n) is 7.54. The Morgan fingerprint density at radius 3 is 2.77 bits per heavy atom. The van der Waals surface area contributed by atoms with Gasteiger partial charge >= 0.3 is 0 Å². The molecule has 9 nitrogen and oxygen atoms in total. The molecule has 0 aliphatic heterocycles. The van der Waals surface area contributed by atoms with Crippen LogP contribution >= 0.6 is 0 Å². The number of aryl methyl sites for hydroxylation is 2. The number of amides is 1. The molecule has 166 valence electrons. The maximum atomic E-state index is 12.8. The van der Waals surface area contributed by atoms with Gasteiger partial charge in [-0.3, -0.25) is 14.5 Å². The van der Waals surface area contributed by atoms with Crippen LogP contribution in [0.15, 0.2) is 23.0 Å². The standard InChI is InChI=1S/C22H30N6O3/c1-6-8-18-24-14(3)20-22(30)25-21(26-28(18)20)16-11-15(9-10-17(16)31-7-2)12-27(5)13-19(29)23-4/h9-11H,6-8,12-13H2,1-5H3,(H,23,29)(H,25,26,30). The van der Waals surface area contributed by atoms with Gasteiger partial charge in [0.1, 0.15) is 11.6 Å². The molecule has 0 aliphatic carbocycles. The summed E-state index contributed by atoms with van der Waals surface area (Å²) in [6, 6.07) is 5.77. The summed E-state index contributed by atoms with van der Waals surface area (Å²) in [6.07, 6.45) is 1.63. The summed E-state index contributed by atoms with van der Waals surface area (Å²) >= 11 is 0. The summed E-state index contributed by atoms with van der Waals surface area (Å²) in [5.41, 5.74) is 2.57. The number of imidazole rings is 1. The molecule has 3 rings (SSSR count). The van der Waals surface area contributed by atoms with Gasteiger partial charge in [0.25, 0.3) is 5.56 Å². The van der Waals surface area contributed by atoms with Gasteiger partial charge in [-0.15, -0.1) is 5.10 Å². The zero-order chi connectivity index (χ0) is 22.5. The number of hydrogen-bond acceptors (Lipinski definition) is 6. The Bertz CT molecular complexity index is 1130. The molecule has 0 bridgehead atoms. The van der Waals surface area contributed by atoms with Crippen LogP contribution in [-0.2, 0) is 17.8 Å². The van der Waals surface area contributed by atoms with E-state index in [9.17, 15) is 9.59 Å². The first-order chi connectivity index (χ1) is 14.9. The van der Waals surface area contributed by atoms with Crippen molar-refractivity contribution in [2.75, 3.05) is 27.2 Å². The van der Waals surface area contributed by atoms with Crippen molar-refractivity contribution in [1.29, 1.82) is 0 Å². The van der Waals surface area contributed by atoms with Crippen molar-refractivity contribution in [3.8, 4) is 17.1 Å². The summed E-state index contributed by atoms with van der Waals surface area (Å²) in [7, 11) is 3.50. The molecule has 0 saturated heterocycles. The van der Waals surface area contributed by atoms with Crippen molar-refractivity contribution < 1.29 is 9.53 Å². The van der Waals surface area contributed by atoms with Gasteiger partial charge in [-0.2, -0.15) is 0 Å². The number of likely N-dealkylation sites (N-methyl/N-ethyl adjacent to an activating group) is 2. The zero-order valence-electron chi connectivity index (χ0n) is 18.8. The highest BCUT2D eigenvalue weighted by Gasteiger charge is 2.17. The maximum Gasteiger partial charge on any atom is 0.277 e. The monoisotopic (exact) mass is 426 g/mol. The van der Waals surface area contributed by atoms with E-state index in [-0.39, 0.29) is 18.0 Å². The number of nitrogens with one attached hydrogen (secondary N) is 2. The number of rotatable bonds is 9. The highest BCUT2D eigenvalue weighted by atomic mass is 16.5. The molecule has 1 amide bonds. The quantitative estimate of drug-likeness (QED) is 0.542. The third-order valence-electron chi connectivity index (χ3n) is 4.96. The van der Waals surface area contributed by atoms with Gasteiger partial charge in [0, 0.05) is 20.0 Å². The lowest BCUT2D eigenvalue weighted by atomic mass is 10.1. The van der Waals surface area contributed by atoms with Crippen molar-refractivity contribution in [2.24, 2.45) is 0 Å². The number of carbonyl (C=O) groups is 1. The summed E-state index contributed by atoms with van der Waals surface area (Å²) in [4.78, 5) is 33.8. The number of fused-ring (bicyclic) bond motifs is 1. The molecule has 0 spiro atoms. The van der Waals surface area contributed by atoms with Gasteiger partial charge in [-0.05, 0) is 45.0 Å². The number of ether oxygens (including phenoxy) is 1. The minimum atomic E-state index is -0.234. The van der Waals surface area contributed by atoms with Crippen LogP contribution in [0, 0.1) is 6.92 Å². The van der Waals surface area contributed by atoms with Crippen LogP contribution in [0.5, 0.6) is 5.75 Å². The molecule has 2 aromatic heterocycles. The minimum absolute atomic E-state index is 0.0518. The zero-order valence-corrected chi connectivity index (χ0v) is 18.8. The first-order valence-corrected chi connectivity index (χ1v) is 10.5. The fourth-order valence-electron chi connectivity index (χ4n) is 3.58. The van der Waals surface area contributed by atoms with Gasteiger partial charge in [0.2, 0.25) is 5.91 Å². The van der Waals surface area contributed by atoms with Gasteiger partial charge in [-0.1, -0.05) is 13.0 Å². The Balaban J connectivity index is 2.07. The molecule has 0 radical (unpaired) electrons. The lowest BCUT2D eigenvalue weighted by Crippen LogP contribution is -2.32. The third-order valence-corrected chi connectivity index (χ3v) is 4.96. The average molecular weight is 427 g/mol. The Morgan fingerprint density at radius 1 is 1.32 bits per heavy atom. The average Bonchev–Trinajstić information content (AvgIpc) is 3.05. The number of H-pyrrole nitrogens is 1. The highest BCUT2D eigenvalue weighted by molar-refractivity contribution is 5.77. The van der Waals surface area contributed by atoms with Gasteiger partial charge in [-0.25, -0.2) is 9.50 Å². The minimum Gasteiger partial charge on any atom is -0.493 e. The fraction of sp³-hybridized carbons (Fsp3) is 0.455. The molecule has 2 heterocycles. The summed E-state index contributed by atoms with van der Waals surface area (Å²) in [5.74, 6) is 1.77. The molecular weight excluding hydrogens is 396 g/mol. The lowest BCUT2D eigenvalue weighted by Gasteiger charge is -2.17. The van der Waals surface area contributed by atoms with Crippen molar-refractivity contribution in [2.45, 2.75) is 40.2 Å². The number of aromatic amines is 1. The van der Waals surface area contributed by atoms with E-state index in [1.807, 2.05) is 44.0 Å². The van der Waals surface area contributed by atoms with Crippen molar-refractivity contribution in [3.63, 3.8) is 0 Å². The van der Waals surface area contributed by atoms with Crippen molar-refractivity contribution in [1.82, 2.24) is 29.8 Å². The lowest BCUT2D eigenvalue weighted by molar-refractivity contribution is -0.121. The molecule has 0 fully saturated rings. The van der Waals surface area contributed by atoms with E-state index in [0.717, 1.165) is 24.2 Å². The summed E-state index contributed by atoms with van der Waals surface area (Å²) in [6.45, 7) is 7.13. The molecule has 0 unspecified atom stereocenters. The predicted octanol–water partition coefficient (Wildman–Crippen LogP) is 1.92. The fourth-order valence-corrected chi connectivity index (χ4v) is 3.58. The van der Waals surface area contributed by atoms with E-state index >= 15 is 0 Å². The Morgan fingerprint density at radius 2 is 2.10 bits per heavy atom. The van der Waals surface area contributed by atoms with Crippen LogP contribution in [-0.4, -0.2) is 57.6 Å². The first-order valence-electron chi connectivity index (χ1n) is 10.5. The van der Waals surface area contributed by atoms with E-state index in [1.165, 1.54) is 0 Å². The van der Waals surface area contributed by atoms with Crippen LogP contribution in [0.25, 0.3) is 16.9 Å². The Kier molecular flexibility index (Phi) is 7.06. The largest absolute Gasteiger partial charge is 0.493 e. The molecule has 3 aromatic rings. The molecule has 9 heteroatoms. The second-order valence-corrected chi connectivity index (χ2v) is 7.54. The second kappa shape index (κ2) is 9.74.